The average molecular weight is 257 g/mol. The van der Waals surface area contributed by atoms with Gasteiger partial charge in [0.2, 0.25) is 0 Å². The second-order valence-electron chi connectivity index (χ2n) is 2.24. The summed E-state index contributed by atoms with van der Waals surface area (Å²) in [7, 11) is -2.53. The number of hydrogen-bond donors (Lipinski definition) is 0. The van der Waals surface area contributed by atoms with E-state index in [9.17, 15) is 4.57 Å². The molecule has 0 bridgehead atoms. The van der Waals surface area contributed by atoms with Crippen LogP contribution in [0.4, 0.5) is 0 Å². The maximum atomic E-state index is 11.4. The van der Waals surface area contributed by atoms with Crippen LogP contribution in [0.1, 0.15) is 0 Å². The molecule has 1 unspecified atom stereocenters. The van der Waals surface area contributed by atoms with Gasteiger partial charge in [0, 0.05) is 12.1 Å². The number of phosphoric acid groups is 1. The van der Waals surface area contributed by atoms with Crippen molar-refractivity contribution in [2.75, 3.05) is 7.11 Å². The summed E-state index contributed by atoms with van der Waals surface area (Å²) in [5, 5.41) is 0.538. The van der Waals surface area contributed by atoms with Crippen LogP contribution < -0.4 is 4.52 Å². The normalized spacial score (nSPS) is 14.8. The van der Waals surface area contributed by atoms with Crippen molar-refractivity contribution in [3.05, 3.63) is 29.3 Å². The highest BCUT2D eigenvalue weighted by Gasteiger charge is 2.26. The number of phosphoric ester groups is 1. The molecule has 0 spiro atoms. The summed E-state index contributed by atoms with van der Waals surface area (Å²) < 4.78 is 24.8. The van der Waals surface area contributed by atoms with Crippen molar-refractivity contribution < 1.29 is 17.7 Å². The molecule has 0 aliphatic heterocycles. The van der Waals surface area contributed by atoms with Gasteiger partial charge in [-0.3, -0.25) is 4.52 Å². The minimum Gasteiger partial charge on any atom is -0.403 e. The first-order chi connectivity index (χ1) is 6.59. The van der Waals surface area contributed by atoms with Gasteiger partial charge in [0.25, 0.3) is 0 Å². The highest BCUT2D eigenvalue weighted by molar-refractivity contribution is 7.49. The Morgan fingerprint density at radius 2 is 1.86 bits per heavy atom. The lowest BCUT2D eigenvalue weighted by molar-refractivity contribution is 0.257. The molecule has 0 heterocycles. The monoisotopic (exact) mass is 256 g/mol. The van der Waals surface area contributed by atoms with Gasteiger partial charge in [-0.2, -0.15) is 4.08 Å². The van der Waals surface area contributed by atoms with E-state index in [-0.39, 0.29) is 0 Å². The lowest BCUT2D eigenvalue weighted by Crippen LogP contribution is -1.94. The molecule has 0 saturated heterocycles. The maximum Gasteiger partial charge on any atom is 0.546 e. The van der Waals surface area contributed by atoms with Crippen LogP contribution in [0.3, 0.4) is 0 Å². The first-order valence-electron chi connectivity index (χ1n) is 3.51. The third-order valence-electron chi connectivity index (χ3n) is 1.34. The van der Waals surface area contributed by atoms with Gasteiger partial charge in [-0.05, 0) is 24.3 Å². The Bertz CT molecular complexity index is 332. The second kappa shape index (κ2) is 5.01. The summed E-state index contributed by atoms with van der Waals surface area (Å²) in [6.07, 6.45) is 0. The molecule has 0 aliphatic rings. The largest absolute Gasteiger partial charge is 0.546 e. The van der Waals surface area contributed by atoms with E-state index in [1.807, 2.05) is 0 Å². The maximum absolute atomic E-state index is 11.4. The van der Waals surface area contributed by atoms with Gasteiger partial charge in [0.15, 0.2) is 0 Å². The van der Waals surface area contributed by atoms with E-state index >= 15 is 0 Å². The molecule has 0 aliphatic carbocycles. The second-order valence-corrected chi connectivity index (χ2v) is 4.67. The van der Waals surface area contributed by atoms with E-state index in [1.54, 1.807) is 12.1 Å². The predicted octanol–water partition coefficient (Wildman–Crippen LogP) is 3.64. The molecule has 1 rings (SSSR count). The number of hydrogen-bond acceptors (Lipinski definition) is 4. The molecule has 1 atom stereocenters. The zero-order chi connectivity index (χ0) is 10.6. The van der Waals surface area contributed by atoms with Crippen molar-refractivity contribution in [2.24, 2.45) is 0 Å². The van der Waals surface area contributed by atoms with Crippen molar-refractivity contribution in [1.29, 1.82) is 0 Å². The SMILES string of the molecule is COP(=O)(OCl)Oc1ccc(Cl)cc1. The molecule has 7 heteroatoms. The fraction of sp³-hybridized carbons (Fsp3) is 0.143. The molecule has 1 aromatic carbocycles. The summed E-state index contributed by atoms with van der Waals surface area (Å²) >= 11 is 10.6. The molecular weight excluding hydrogens is 250 g/mol. The topological polar surface area (TPSA) is 44.8 Å². The minimum absolute atomic E-state index is 0.292. The van der Waals surface area contributed by atoms with Gasteiger partial charge in [0.1, 0.15) is 5.75 Å². The Labute approximate surface area is 91.5 Å². The van der Waals surface area contributed by atoms with Gasteiger partial charge < -0.3 is 4.52 Å². The number of halogens is 2. The third-order valence-corrected chi connectivity index (χ3v) is 3.15. The van der Waals surface area contributed by atoms with Crippen molar-refractivity contribution in [3.8, 4) is 5.75 Å². The van der Waals surface area contributed by atoms with Gasteiger partial charge in [0.05, 0.1) is 11.9 Å². The fourth-order valence-corrected chi connectivity index (χ4v) is 1.62. The van der Waals surface area contributed by atoms with E-state index in [2.05, 4.69) is 8.60 Å². The molecule has 14 heavy (non-hydrogen) atoms. The van der Waals surface area contributed by atoms with Gasteiger partial charge >= 0.3 is 7.82 Å². The average Bonchev–Trinajstić information content (AvgIpc) is 2.21. The van der Waals surface area contributed by atoms with Crippen molar-refractivity contribution in [1.82, 2.24) is 0 Å². The highest BCUT2D eigenvalue weighted by Crippen LogP contribution is 2.49. The van der Waals surface area contributed by atoms with Crippen molar-refractivity contribution >= 4 is 31.3 Å². The first-order valence-corrected chi connectivity index (χ1v) is 5.65. The van der Waals surface area contributed by atoms with E-state index in [0.29, 0.717) is 10.8 Å². The lowest BCUT2D eigenvalue weighted by Gasteiger charge is -2.11. The molecule has 1 aromatic rings. The summed E-state index contributed by atoms with van der Waals surface area (Å²) in [5.74, 6) is 0.292. The van der Waals surface area contributed by atoms with Crippen molar-refractivity contribution in [2.45, 2.75) is 0 Å². The van der Waals surface area contributed by atoms with Gasteiger partial charge in [-0.1, -0.05) is 11.6 Å². The van der Waals surface area contributed by atoms with Crippen LogP contribution in [0.15, 0.2) is 24.3 Å². The predicted molar refractivity (Wildman–Crippen MR) is 53.6 cm³/mol. The van der Waals surface area contributed by atoms with Crippen LogP contribution in [0.25, 0.3) is 0 Å². The Morgan fingerprint density at radius 1 is 1.29 bits per heavy atom. The zero-order valence-corrected chi connectivity index (χ0v) is 9.55. The minimum atomic E-state index is -3.70. The Hall–Kier alpha value is -0.250. The molecule has 78 valence electrons. The Balaban J connectivity index is 2.78. The van der Waals surface area contributed by atoms with Crippen LogP contribution >= 0.6 is 31.3 Å². The molecule has 0 radical (unpaired) electrons. The summed E-state index contributed by atoms with van der Waals surface area (Å²) in [6, 6.07) is 6.18. The smallest absolute Gasteiger partial charge is 0.403 e. The van der Waals surface area contributed by atoms with E-state index in [4.69, 9.17) is 28.0 Å². The van der Waals surface area contributed by atoms with E-state index < -0.39 is 7.82 Å². The third kappa shape index (κ3) is 3.15. The Morgan fingerprint density at radius 3 is 2.29 bits per heavy atom. The lowest BCUT2D eigenvalue weighted by atomic mass is 10.3. The fourth-order valence-electron chi connectivity index (χ4n) is 0.704. The van der Waals surface area contributed by atoms with E-state index in [0.717, 1.165) is 0 Å². The zero-order valence-electron chi connectivity index (χ0n) is 7.15. The molecular formula is C7H7Cl2O4P. The number of rotatable bonds is 4. The van der Waals surface area contributed by atoms with Gasteiger partial charge in [-0.25, -0.2) is 4.57 Å². The molecule has 0 aromatic heterocycles. The van der Waals surface area contributed by atoms with E-state index in [1.165, 1.54) is 19.2 Å². The number of benzene rings is 1. The summed E-state index contributed by atoms with van der Waals surface area (Å²) in [6.45, 7) is 0. The van der Waals surface area contributed by atoms with Crippen LogP contribution in [0.2, 0.25) is 5.02 Å². The molecule has 0 saturated carbocycles. The standard InChI is InChI=1S/C7H7Cl2O4P/c1-11-14(10,13-9)12-7-4-2-6(8)3-5-7/h2-5H,1H3. The molecule has 0 N–H and O–H groups in total. The van der Waals surface area contributed by atoms with Crippen molar-refractivity contribution in [3.63, 3.8) is 0 Å². The summed E-state index contributed by atoms with van der Waals surface area (Å²) in [5.41, 5.74) is 0. The first kappa shape index (κ1) is 11.8. The van der Waals surface area contributed by atoms with Crippen LogP contribution in [-0.2, 0) is 13.2 Å². The summed E-state index contributed by atoms with van der Waals surface area (Å²) in [4.78, 5) is 0. The molecule has 0 fully saturated rings. The highest BCUT2D eigenvalue weighted by atomic mass is 35.5. The quantitative estimate of drug-likeness (QED) is 0.772. The van der Waals surface area contributed by atoms with Gasteiger partial charge in [-0.15, -0.1) is 0 Å². The Kier molecular flexibility index (Phi) is 4.23. The molecule has 0 amide bonds. The van der Waals surface area contributed by atoms with Crippen LogP contribution in [0.5, 0.6) is 5.75 Å². The molecule has 4 nitrogen and oxygen atoms in total. The van der Waals surface area contributed by atoms with Crippen LogP contribution in [-0.4, -0.2) is 7.11 Å². The van der Waals surface area contributed by atoms with Crippen LogP contribution in [0, 0.1) is 0 Å².